The van der Waals surface area contributed by atoms with E-state index in [0.29, 0.717) is 45.2 Å². The lowest BCUT2D eigenvalue weighted by molar-refractivity contribution is -0.145. The Kier molecular flexibility index (Phi) is 13.3. The van der Waals surface area contributed by atoms with Gasteiger partial charge in [0, 0.05) is 37.1 Å². The molecule has 0 aliphatic rings. The fourth-order valence-corrected chi connectivity index (χ4v) is 3.38. The smallest absolute Gasteiger partial charge is 0.228 e. The summed E-state index contributed by atoms with van der Waals surface area (Å²) in [5.74, 6) is 0.770. The third-order valence-corrected chi connectivity index (χ3v) is 5.26. The quantitative estimate of drug-likeness (QED) is 0.346. The van der Waals surface area contributed by atoms with Gasteiger partial charge in [-0.1, -0.05) is 55.4 Å². The maximum Gasteiger partial charge on any atom is 0.228 e. The topological polar surface area (TPSA) is 72.9 Å². The minimum atomic E-state index is -0.484. The number of nitrogens with zero attached hydrogens (tertiary/aromatic N) is 1. The van der Waals surface area contributed by atoms with Crippen LogP contribution in [0.1, 0.15) is 74.7 Å². The van der Waals surface area contributed by atoms with Crippen LogP contribution in [0, 0.1) is 23.2 Å². The van der Waals surface area contributed by atoms with Gasteiger partial charge in [-0.05, 0) is 12.3 Å². The van der Waals surface area contributed by atoms with Crippen LogP contribution in [0.4, 0.5) is 0 Å². The normalized spacial score (nSPS) is 12.3. The Hall–Kier alpha value is -1.27. The van der Waals surface area contributed by atoms with Crippen molar-refractivity contribution < 1.29 is 23.9 Å². The molecule has 0 aliphatic heterocycles. The van der Waals surface area contributed by atoms with Crippen LogP contribution in [0.5, 0.6) is 0 Å². The molecular formula is C24H45NO5. The molecule has 0 aromatic heterocycles. The van der Waals surface area contributed by atoms with Gasteiger partial charge in [-0.2, -0.15) is 0 Å². The van der Waals surface area contributed by atoms with Crippen molar-refractivity contribution >= 4 is 17.5 Å². The highest BCUT2D eigenvalue weighted by Gasteiger charge is 2.34. The number of amides is 1. The van der Waals surface area contributed by atoms with Crippen LogP contribution in [0.3, 0.4) is 0 Å². The zero-order valence-corrected chi connectivity index (χ0v) is 20.7. The molecule has 0 saturated heterocycles. The molecule has 0 bridgehead atoms. The number of ketones is 2. The van der Waals surface area contributed by atoms with E-state index in [4.69, 9.17) is 9.47 Å². The van der Waals surface area contributed by atoms with E-state index in [2.05, 4.69) is 13.8 Å². The number of carbonyl (C=O) groups is 3. The van der Waals surface area contributed by atoms with Gasteiger partial charge in [-0.25, -0.2) is 0 Å². The van der Waals surface area contributed by atoms with Crippen LogP contribution in [-0.4, -0.2) is 61.9 Å². The Morgan fingerprint density at radius 1 is 0.800 bits per heavy atom. The van der Waals surface area contributed by atoms with Crippen LogP contribution in [0.15, 0.2) is 0 Å². The number of Topliss-reactive ketones (excluding diaryl/α,β-unsaturated/α-hetero) is 2. The van der Waals surface area contributed by atoms with Crippen molar-refractivity contribution in [2.24, 2.45) is 23.2 Å². The molecule has 0 aromatic rings. The lowest BCUT2D eigenvalue weighted by Crippen LogP contribution is -2.48. The molecule has 6 nitrogen and oxygen atoms in total. The zero-order valence-electron chi connectivity index (χ0n) is 20.7. The van der Waals surface area contributed by atoms with Crippen LogP contribution in [-0.2, 0) is 23.9 Å². The number of rotatable bonds is 16. The standard InChI is InChI=1S/C24H45NO5/c1-17(2)14-24(7,8)23(28)25(9)20(15-29-12-10-21(26)18(3)4)16-30-13-11-22(27)19(5)6/h17-20H,10-16H2,1-9H3. The van der Waals surface area contributed by atoms with Gasteiger partial charge in [0.2, 0.25) is 5.91 Å². The van der Waals surface area contributed by atoms with E-state index in [1.165, 1.54) is 0 Å². The van der Waals surface area contributed by atoms with Gasteiger partial charge in [-0.15, -0.1) is 0 Å². The van der Waals surface area contributed by atoms with E-state index in [9.17, 15) is 14.4 Å². The lowest BCUT2D eigenvalue weighted by atomic mass is 9.82. The molecule has 0 aliphatic carbocycles. The van der Waals surface area contributed by atoms with Crippen molar-refractivity contribution in [3.8, 4) is 0 Å². The van der Waals surface area contributed by atoms with Gasteiger partial charge in [0.05, 0.1) is 32.5 Å². The first kappa shape index (κ1) is 28.7. The molecule has 6 heteroatoms. The molecule has 0 spiro atoms. The summed E-state index contributed by atoms with van der Waals surface area (Å²) in [5.41, 5.74) is -0.484. The predicted molar refractivity (Wildman–Crippen MR) is 120 cm³/mol. The summed E-state index contributed by atoms with van der Waals surface area (Å²) < 4.78 is 11.5. The van der Waals surface area contributed by atoms with Gasteiger partial charge in [0.25, 0.3) is 0 Å². The Morgan fingerprint density at radius 3 is 1.53 bits per heavy atom. The number of hydrogen-bond acceptors (Lipinski definition) is 5. The number of carbonyl (C=O) groups excluding carboxylic acids is 3. The van der Waals surface area contributed by atoms with Crippen molar-refractivity contribution in [3.05, 3.63) is 0 Å². The van der Waals surface area contributed by atoms with Crippen molar-refractivity contribution in [1.29, 1.82) is 0 Å². The fraction of sp³-hybridized carbons (Fsp3) is 0.875. The third-order valence-electron chi connectivity index (χ3n) is 5.26. The average Bonchev–Trinajstić information content (AvgIpc) is 2.63. The minimum absolute atomic E-state index is 0.00712. The molecule has 0 radical (unpaired) electrons. The molecule has 0 heterocycles. The monoisotopic (exact) mass is 427 g/mol. The SMILES string of the molecule is CC(C)CC(C)(C)C(=O)N(C)C(COCCC(=O)C(C)C)COCCC(=O)C(C)C. The van der Waals surface area contributed by atoms with Crippen molar-refractivity contribution in [2.75, 3.05) is 33.5 Å². The minimum Gasteiger partial charge on any atom is -0.379 e. The van der Waals surface area contributed by atoms with E-state index < -0.39 is 5.41 Å². The molecule has 176 valence electrons. The summed E-state index contributed by atoms with van der Waals surface area (Å²) in [6.07, 6.45) is 1.52. The molecule has 1 amide bonds. The Balaban J connectivity index is 4.92. The van der Waals surface area contributed by atoms with E-state index in [0.717, 1.165) is 6.42 Å². The highest BCUT2D eigenvalue weighted by molar-refractivity contribution is 5.82. The van der Waals surface area contributed by atoms with Gasteiger partial charge in [0.1, 0.15) is 11.6 Å². The third kappa shape index (κ3) is 11.2. The van der Waals surface area contributed by atoms with Crippen LogP contribution in [0.25, 0.3) is 0 Å². The summed E-state index contributed by atoms with van der Waals surface area (Å²) in [7, 11) is 1.78. The van der Waals surface area contributed by atoms with Gasteiger partial charge in [-0.3, -0.25) is 14.4 Å². The maximum atomic E-state index is 13.1. The number of ether oxygens (including phenoxy) is 2. The molecule has 0 unspecified atom stereocenters. The van der Waals surface area contributed by atoms with Gasteiger partial charge in [0.15, 0.2) is 0 Å². The Morgan fingerprint density at radius 2 is 1.20 bits per heavy atom. The Bertz CT molecular complexity index is 512. The molecule has 0 N–H and O–H groups in total. The van der Waals surface area contributed by atoms with E-state index >= 15 is 0 Å². The molecular weight excluding hydrogens is 382 g/mol. The number of likely N-dealkylation sites (N-methyl/N-ethyl adjacent to an activating group) is 1. The zero-order chi connectivity index (χ0) is 23.5. The highest BCUT2D eigenvalue weighted by Crippen LogP contribution is 2.28. The van der Waals surface area contributed by atoms with Crippen LogP contribution >= 0.6 is 0 Å². The first-order chi connectivity index (χ1) is 13.8. The molecule has 0 atom stereocenters. The highest BCUT2D eigenvalue weighted by atomic mass is 16.5. The second kappa shape index (κ2) is 13.9. The summed E-state index contributed by atoms with van der Waals surface area (Å²) in [5, 5.41) is 0. The van der Waals surface area contributed by atoms with E-state index in [1.54, 1.807) is 11.9 Å². The number of hydrogen-bond donors (Lipinski definition) is 0. The van der Waals surface area contributed by atoms with Crippen LogP contribution < -0.4 is 0 Å². The largest absolute Gasteiger partial charge is 0.379 e. The summed E-state index contributed by atoms with van der Waals surface area (Å²) >= 11 is 0. The lowest BCUT2D eigenvalue weighted by Gasteiger charge is -2.35. The van der Waals surface area contributed by atoms with E-state index in [1.807, 2.05) is 41.5 Å². The van der Waals surface area contributed by atoms with Crippen molar-refractivity contribution in [1.82, 2.24) is 4.90 Å². The fourth-order valence-electron chi connectivity index (χ4n) is 3.38. The summed E-state index contributed by atoms with van der Waals surface area (Å²) in [4.78, 5) is 38.4. The second-order valence-electron chi connectivity index (χ2n) is 9.94. The maximum absolute atomic E-state index is 13.1. The van der Waals surface area contributed by atoms with Gasteiger partial charge < -0.3 is 14.4 Å². The molecule has 0 fully saturated rings. The predicted octanol–water partition coefficient (Wildman–Crippen LogP) is 4.15. The van der Waals surface area contributed by atoms with Crippen molar-refractivity contribution in [3.63, 3.8) is 0 Å². The average molecular weight is 428 g/mol. The summed E-state index contributed by atoms with van der Waals surface area (Å²) in [6.45, 7) is 16.9. The first-order valence-electron chi connectivity index (χ1n) is 11.3. The second-order valence-corrected chi connectivity index (χ2v) is 9.94. The summed E-state index contributed by atoms with van der Waals surface area (Å²) in [6, 6.07) is -0.271. The first-order valence-corrected chi connectivity index (χ1v) is 11.3. The van der Waals surface area contributed by atoms with Crippen molar-refractivity contribution in [2.45, 2.75) is 80.7 Å². The Labute approximate surface area is 184 Å². The van der Waals surface area contributed by atoms with Crippen LogP contribution in [0.2, 0.25) is 0 Å². The molecule has 0 aromatic carbocycles. The van der Waals surface area contributed by atoms with E-state index in [-0.39, 0.29) is 35.4 Å². The molecule has 30 heavy (non-hydrogen) atoms. The molecule has 0 saturated carbocycles. The molecule has 0 rings (SSSR count). The van der Waals surface area contributed by atoms with Gasteiger partial charge >= 0.3 is 0 Å².